The number of nitrogens with zero attached hydrogens (tertiary/aromatic N) is 1. The summed E-state index contributed by atoms with van der Waals surface area (Å²) in [6.07, 6.45) is -3.53. The zero-order valence-electron chi connectivity index (χ0n) is 11.5. The Morgan fingerprint density at radius 3 is 2.40 bits per heavy atom. The lowest BCUT2D eigenvalue weighted by atomic mass is 10.0. The van der Waals surface area contributed by atoms with E-state index >= 15 is 0 Å². The maximum Gasteiger partial charge on any atom is 0.411 e. The van der Waals surface area contributed by atoms with Gasteiger partial charge in [0.2, 0.25) is 11.8 Å². The van der Waals surface area contributed by atoms with Crippen molar-refractivity contribution in [3.05, 3.63) is 0 Å². The van der Waals surface area contributed by atoms with E-state index in [2.05, 4.69) is 10.1 Å². The van der Waals surface area contributed by atoms with Gasteiger partial charge >= 0.3 is 6.18 Å². The number of carbonyl (C=O) groups is 2. The molecule has 0 aromatic heterocycles. The SMILES string of the molecule is CCC1NC(=O)C(CC)N(CCOCC(F)(F)F)C1=O. The van der Waals surface area contributed by atoms with Crippen molar-refractivity contribution in [2.75, 3.05) is 19.8 Å². The monoisotopic (exact) mass is 296 g/mol. The van der Waals surface area contributed by atoms with Crippen LogP contribution in [0.25, 0.3) is 0 Å². The molecule has 2 amide bonds. The van der Waals surface area contributed by atoms with Gasteiger partial charge in [0.15, 0.2) is 0 Å². The number of piperazine rings is 1. The molecule has 0 radical (unpaired) electrons. The summed E-state index contributed by atoms with van der Waals surface area (Å²) in [4.78, 5) is 25.2. The molecule has 0 bridgehead atoms. The molecule has 1 rings (SSSR count). The normalized spacial score (nSPS) is 23.9. The smallest absolute Gasteiger partial charge is 0.370 e. The molecule has 1 aliphatic heterocycles. The molecular weight excluding hydrogens is 277 g/mol. The number of nitrogens with one attached hydrogen (secondary N) is 1. The molecule has 1 aliphatic rings. The Bertz CT molecular complexity index is 360. The van der Waals surface area contributed by atoms with Gasteiger partial charge in [0.25, 0.3) is 0 Å². The highest BCUT2D eigenvalue weighted by Crippen LogP contribution is 2.16. The molecule has 116 valence electrons. The molecule has 0 spiro atoms. The highest BCUT2D eigenvalue weighted by molar-refractivity contribution is 5.96. The number of rotatable bonds is 6. The van der Waals surface area contributed by atoms with Crippen molar-refractivity contribution in [2.45, 2.75) is 44.9 Å². The second-order valence-electron chi connectivity index (χ2n) is 4.59. The molecule has 20 heavy (non-hydrogen) atoms. The minimum Gasteiger partial charge on any atom is -0.370 e. The summed E-state index contributed by atoms with van der Waals surface area (Å²) in [5, 5.41) is 2.61. The molecule has 5 nitrogen and oxygen atoms in total. The number of carbonyl (C=O) groups excluding carboxylic acids is 2. The van der Waals surface area contributed by atoms with Gasteiger partial charge < -0.3 is 15.0 Å². The first-order valence-corrected chi connectivity index (χ1v) is 6.55. The first kappa shape index (κ1) is 16.7. The Kier molecular flexibility index (Phi) is 5.79. The van der Waals surface area contributed by atoms with Crippen molar-refractivity contribution in [3.63, 3.8) is 0 Å². The fourth-order valence-electron chi connectivity index (χ4n) is 2.12. The molecule has 0 aromatic carbocycles. The number of hydrogen-bond donors (Lipinski definition) is 1. The van der Waals surface area contributed by atoms with Gasteiger partial charge in [0.1, 0.15) is 18.7 Å². The van der Waals surface area contributed by atoms with Crippen LogP contribution in [0.5, 0.6) is 0 Å². The number of ether oxygens (including phenoxy) is 1. The van der Waals surface area contributed by atoms with Crippen molar-refractivity contribution < 1.29 is 27.5 Å². The van der Waals surface area contributed by atoms with Crippen molar-refractivity contribution >= 4 is 11.8 Å². The number of hydrogen-bond acceptors (Lipinski definition) is 3. The Labute approximate surface area is 115 Å². The van der Waals surface area contributed by atoms with Crippen molar-refractivity contribution in [2.24, 2.45) is 0 Å². The van der Waals surface area contributed by atoms with E-state index in [4.69, 9.17) is 0 Å². The molecule has 2 unspecified atom stereocenters. The average Bonchev–Trinajstić information content (AvgIpc) is 2.36. The molecule has 1 saturated heterocycles. The van der Waals surface area contributed by atoms with Crippen molar-refractivity contribution in [3.8, 4) is 0 Å². The minimum atomic E-state index is -4.39. The average molecular weight is 296 g/mol. The maximum atomic E-state index is 12.1. The van der Waals surface area contributed by atoms with Crippen LogP contribution < -0.4 is 5.32 Å². The zero-order chi connectivity index (χ0) is 15.3. The number of alkyl halides is 3. The molecule has 1 fully saturated rings. The third-order valence-electron chi connectivity index (χ3n) is 3.11. The molecule has 0 aliphatic carbocycles. The lowest BCUT2D eigenvalue weighted by Crippen LogP contribution is -2.63. The van der Waals surface area contributed by atoms with Crippen molar-refractivity contribution in [1.82, 2.24) is 10.2 Å². The van der Waals surface area contributed by atoms with E-state index in [9.17, 15) is 22.8 Å². The van der Waals surface area contributed by atoms with E-state index in [0.717, 1.165) is 0 Å². The summed E-state index contributed by atoms with van der Waals surface area (Å²) in [6.45, 7) is 1.89. The van der Waals surface area contributed by atoms with Crippen LogP contribution in [0.2, 0.25) is 0 Å². The quantitative estimate of drug-likeness (QED) is 0.746. The number of halogens is 3. The van der Waals surface area contributed by atoms with Crippen LogP contribution in [-0.2, 0) is 14.3 Å². The minimum absolute atomic E-state index is 0.0165. The molecule has 0 aromatic rings. The van der Waals surface area contributed by atoms with Crippen LogP contribution >= 0.6 is 0 Å². The van der Waals surface area contributed by atoms with Crippen LogP contribution in [-0.4, -0.2) is 54.7 Å². The third-order valence-corrected chi connectivity index (χ3v) is 3.11. The molecule has 1 heterocycles. The van der Waals surface area contributed by atoms with Crippen LogP contribution in [0, 0.1) is 0 Å². The van der Waals surface area contributed by atoms with Crippen LogP contribution in [0.1, 0.15) is 26.7 Å². The Morgan fingerprint density at radius 1 is 1.25 bits per heavy atom. The second kappa shape index (κ2) is 6.92. The predicted octanol–water partition coefficient (Wildman–Crippen LogP) is 1.08. The molecule has 8 heteroatoms. The Morgan fingerprint density at radius 2 is 1.90 bits per heavy atom. The van der Waals surface area contributed by atoms with Crippen LogP contribution in [0.15, 0.2) is 0 Å². The Balaban J connectivity index is 2.58. The standard InChI is InChI=1S/C12H19F3N2O3/c1-3-8-11(19)17(9(4-2)10(18)16-8)5-6-20-7-12(13,14)15/h8-9H,3-7H2,1-2H3,(H,16,18). The Hall–Kier alpha value is -1.31. The van der Waals surface area contributed by atoms with Gasteiger partial charge in [0, 0.05) is 6.54 Å². The maximum absolute atomic E-state index is 12.1. The largest absolute Gasteiger partial charge is 0.411 e. The van der Waals surface area contributed by atoms with Gasteiger partial charge in [-0.25, -0.2) is 0 Å². The van der Waals surface area contributed by atoms with E-state index < -0.39 is 24.9 Å². The molecular formula is C12H19F3N2O3. The summed E-state index contributed by atoms with van der Waals surface area (Å²) >= 11 is 0. The molecule has 0 saturated carbocycles. The van der Waals surface area contributed by atoms with Gasteiger partial charge in [-0.2, -0.15) is 13.2 Å². The molecule has 1 N–H and O–H groups in total. The predicted molar refractivity (Wildman–Crippen MR) is 64.9 cm³/mol. The second-order valence-corrected chi connectivity index (χ2v) is 4.59. The summed E-state index contributed by atoms with van der Waals surface area (Å²) in [5.41, 5.74) is 0. The third kappa shape index (κ3) is 4.36. The fraction of sp³-hybridized carbons (Fsp3) is 0.833. The summed E-state index contributed by atoms with van der Waals surface area (Å²) in [5.74, 6) is -0.538. The summed E-state index contributed by atoms with van der Waals surface area (Å²) in [7, 11) is 0. The topological polar surface area (TPSA) is 58.6 Å². The highest BCUT2D eigenvalue weighted by atomic mass is 19.4. The highest BCUT2D eigenvalue weighted by Gasteiger charge is 2.38. The molecule has 2 atom stereocenters. The van der Waals surface area contributed by atoms with Gasteiger partial charge in [-0.05, 0) is 12.8 Å². The van der Waals surface area contributed by atoms with Crippen LogP contribution in [0.3, 0.4) is 0 Å². The summed E-state index contributed by atoms with van der Waals surface area (Å²) in [6, 6.07) is -1.24. The van der Waals surface area contributed by atoms with Crippen LogP contribution in [0.4, 0.5) is 13.2 Å². The van der Waals surface area contributed by atoms with E-state index in [1.165, 1.54) is 4.90 Å². The van der Waals surface area contributed by atoms with E-state index in [1.54, 1.807) is 13.8 Å². The van der Waals surface area contributed by atoms with Gasteiger partial charge in [-0.3, -0.25) is 9.59 Å². The van der Waals surface area contributed by atoms with Gasteiger partial charge in [0.05, 0.1) is 6.61 Å². The first-order valence-electron chi connectivity index (χ1n) is 6.55. The zero-order valence-corrected chi connectivity index (χ0v) is 11.5. The first-order chi connectivity index (χ1) is 9.30. The summed E-state index contributed by atoms with van der Waals surface area (Å²) < 4.78 is 40.3. The lowest BCUT2D eigenvalue weighted by molar-refractivity contribution is -0.176. The van der Waals surface area contributed by atoms with E-state index in [1.807, 2.05) is 0 Å². The van der Waals surface area contributed by atoms with E-state index in [0.29, 0.717) is 12.8 Å². The fourth-order valence-corrected chi connectivity index (χ4v) is 2.12. The number of amides is 2. The lowest BCUT2D eigenvalue weighted by Gasteiger charge is -2.38. The van der Waals surface area contributed by atoms with Gasteiger partial charge in [-0.15, -0.1) is 0 Å². The van der Waals surface area contributed by atoms with E-state index in [-0.39, 0.29) is 25.0 Å². The van der Waals surface area contributed by atoms with Crippen molar-refractivity contribution in [1.29, 1.82) is 0 Å². The van der Waals surface area contributed by atoms with Gasteiger partial charge in [-0.1, -0.05) is 13.8 Å².